The van der Waals surface area contributed by atoms with Crippen LogP contribution in [0.1, 0.15) is 11.4 Å². The maximum Gasteiger partial charge on any atom is 0.300 e. The number of benzene rings is 1. The first-order valence-corrected chi connectivity index (χ1v) is 5.92. The molecule has 0 aliphatic carbocycles. The lowest BCUT2D eigenvalue weighted by atomic mass is 10.2. The Balaban J connectivity index is 2.21. The van der Waals surface area contributed by atoms with Gasteiger partial charge in [-0.15, -0.1) is 0 Å². The second-order valence-electron chi connectivity index (χ2n) is 3.50. The molecular formula is C10H13N4O2S+. The fourth-order valence-electron chi connectivity index (χ4n) is 1.49. The average Bonchev–Trinajstić information content (AvgIpc) is 2.69. The van der Waals surface area contributed by atoms with Crippen molar-refractivity contribution in [2.75, 3.05) is 0 Å². The van der Waals surface area contributed by atoms with Crippen LogP contribution in [0, 0.1) is 0 Å². The molecule has 0 spiro atoms. The third-order valence-corrected chi connectivity index (χ3v) is 2.95. The summed E-state index contributed by atoms with van der Waals surface area (Å²) in [6, 6.07) is 5.59. The lowest BCUT2D eigenvalue weighted by Crippen LogP contribution is -2.43. The minimum absolute atomic E-state index is 0.155. The zero-order valence-electron chi connectivity index (χ0n) is 9.01. The molecule has 17 heavy (non-hydrogen) atoms. The van der Waals surface area contributed by atoms with Gasteiger partial charge >= 0.3 is 0 Å². The van der Waals surface area contributed by atoms with Crippen molar-refractivity contribution >= 4 is 28.0 Å². The summed E-state index contributed by atoms with van der Waals surface area (Å²) in [6.45, 7) is 0.155. The largest absolute Gasteiger partial charge is 0.341 e. The van der Waals surface area contributed by atoms with Crippen LogP contribution in [-0.4, -0.2) is 20.4 Å². The normalized spacial score (nSPS) is 10.9. The number of hydrogen-bond donors (Lipinski definition) is 4. The number of nitrogens with one attached hydrogen (secondary N) is 1. The maximum absolute atomic E-state index is 8.38. The number of H-pyrrole nitrogens is 1. The van der Waals surface area contributed by atoms with Crippen LogP contribution < -0.4 is 11.1 Å². The van der Waals surface area contributed by atoms with E-state index in [9.17, 15) is 0 Å². The topological polar surface area (TPSA) is 110 Å². The number of amidine groups is 1. The maximum atomic E-state index is 8.38. The van der Waals surface area contributed by atoms with Crippen LogP contribution >= 0.6 is 11.8 Å². The predicted octanol–water partition coefficient (Wildman–Crippen LogP) is -0.140. The molecule has 0 aliphatic heterocycles. The molecule has 1 aromatic carbocycles. The van der Waals surface area contributed by atoms with Gasteiger partial charge in [0.15, 0.2) is 0 Å². The highest BCUT2D eigenvalue weighted by Crippen LogP contribution is 2.16. The van der Waals surface area contributed by atoms with E-state index < -0.39 is 0 Å². The van der Waals surface area contributed by atoms with Gasteiger partial charge in [0.05, 0.1) is 16.8 Å². The summed E-state index contributed by atoms with van der Waals surface area (Å²) in [5.74, 6) is 1.41. The van der Waals surface area contributed by atoms with Crippen LogP contribution in [0.25, 0.3) is 11.0 Å². The number of aromatic nitrogens is 2. The molecule has 7 heteroatoms. The average molecular weight is 253 g/mol. The number of aromatic amines is 1. The zero-order chi connectivity index (χ0) is 12.3. The number of thioether (sulfide) groups is 1. The number of hydrogen-bond acceptors (Lipinski definition) is 4. The van der Waals surface area contributed by atoms with Crippen LogP contribution in [0.5, 0.6) is 0 Å². The van der Waals surface area contributed by atoms with E-state index in [1.807, 2.05) is 18.2 Å². The quantitative estimate of drug-likeness (QED) is 0.262. The Kier molecular flexibility index (Phi) is 3.62. The first kappa shape index (κ1) is 11.9. The molecule has 0 fully saturated rings. The smallest absolute Gasteiger partial charge is 0.300 e. The van der Waals surface area contributed by atoms with Gasteiger partial charge in [0.1, 0.15) is 12.4 Å². The minimum Gasteiger partial charge on any atom is -0.341 e. The molecular weight excluding hydrogens is 240 g/mol. The van der Waals surface area contributed by atoms with Crippen LogP contribution in [0.15, 0.2) is 18.2 Å². The van der Waals surface area contributed by atoms with E-state index >= 15 is 0 Å². The monoisotopic (exact) mass is 253 g/mol. The van der Waals surface area contributed by atoms with E-state index in [2.05, 4.69) is 14.9 Å². The van der Waals surface area contributed by atoms with Crippen LogP contribution in [-0.2, 0) is 17.2 Å². The molecule has 0 aliphatic rings. The van der Waals surface area contributed by atoms with Crippen LogP contribution in [0.3, 0.4) is 0 Å². The third kappa shape index (κ3) is 2.96. The van der Waals surface area contributed by atoms with Gasteiger partial charge in [0.25, 0.3) is 5.17 Å². The van der Waals surface area contributed by atoms with Gasteiger partial charge in [-0.1, -0.05) is 6.07 Å². The van der Waals surface area contributed by atoms with Gasteiger partial charge in [-0.2, -0.15) is 0 Å². The fraction of sp³-hybridized carbons (Fsp3) is 0.200. The molecule has 2 rings (SSSR count). The van der Waals surface area contributed by atoms with E-state index in [4.69, 9.17) is 16.4 Å². The molecule has 6 N–H and O–H groups in total. The van der Waals surface area contributed by atoms with Gasteiger partial charge in [0.2, 0.25) is 0 Å². The molecule has 6 nitrogen and oxygen atoms in total. The molecule has 0 saturated carbocycles. The SMILES string of the molecule is NC(=[NH2+])SCc1nc2ccc(COO)cc2[nH]1. The summed E-state index contributed by atoms with van der Waals surface area (Å²) in [4.78, 5) is 11.6. The van der Waals surface area contributed by atoms with E-state index in [-0.39, 0.29) is 6.61 Å². The molecule has 90 valence electrons. The Hall–Kier alpha value is -1.57. The van der Waals surface area contributed by atoms with E-state index in [0.717, 1.165) is 22.4 Å². The van der Waals surface area contributed by atoms with E-state index in [1.165, 1.54) is 11.8 Å². The van der Waals surface area contributed by atoms with Gasteiger partial charge in [-0.3, -0.25) is 16.4 Å². The second kappa shape index (κ2) is 5.17. The van der Waals surface area contributed by atoms with Gasteiger partial charge < -0.3 is 4.98 Å². The summed E-state index contributed by atoms with van der Waals surface area (Å²) in [7, 11) is 0. The van der Waals surface area contributed by atoms with E-state index in [0.29, 0.717) is 10.9 Å². The molecule has 0 amide bonds. The summed E-state index contributed by atoms with van der Waals surface area (Å²) in [6.07, 6.45) is 0. The first-order chi connectivity index (χ1) is 8.19. The van der Waals surface area contributed by atoms with Crippen molar-refractivity contribution in [3.05, 3.63) is 29.6 Å². The Morgan fingerprint density at radius 3 is 3.12 bits per heavy atom. The highest BCUT2D eigenvalue weighted by molar-refractivity contribution is 8.12. The molecule has 0 atom stereocenters. The Labute approximate surface area is 102 Å². The Morgan fingerprint density at radius 1 is 1.59 bits per heavy atom. The standard InChI is InChI=1S/C10H12N4O2S/c11-10(12)17-5-9-13-7-2-1-6(4-16-15)3-8(7)14-9/h1-3,15H,4-5H2,(H3,11,12)(H,13,14)/p+1. The minimum atomic E-state index is 0.155. The molecule has 0 unspecified atom stereocenters. The van der Waals surface area contributed by atoms with E-state index in [1.54, 1.807) is 0 Å². The number of nitrogens with two attached hydrogens (primary N) is 2. The molecule has 0 radical (unpaired) electrons. The van der Waals surface area contributed by atoms with Crippen molar-refractivity contribution in [3.8, 4) is 0 Å². The zero-order valence-corrected chi connectivity index (χ0v) is 9.83. The summed E-state index contributed by atoms with van der Waals surface area (Å²) < 4.78 is 0. The summed E-state index contributed by atoms with van der Waals surface area (Å²) in [5.41, 5.74) is 7.99. The molecule has 1 heterocycles. The predicted molar refractivity (Wildman–Crippen MR) is 65.9 cm³/mol. The second-order valence-corrected chi connectivity index (χ2v) is 4.55. The number of imidazole rings is 1. The molecule has 0 saturated heterocycles. The van der Waals surface area contributed by atoms with Crippen molar-refractivity contribution < 1.29 is 15.6 Å². The summed E-state index contributed by atoms with van der Waals surface area (Å²) >= 11 is 1.33. The third-order valence-electron chi connectivity index (χ3n) is 2.20. The number of fused-ring (bicyclic) bond motifs is 1. The molecule has 1 aromatic heterocycles. The fourth-order valence-corrected chi connectivity index (χ4v) is 1.93. The van der Waals surface area contributed by atoms with Gasteiger partial charge in [0, 0.05) is 0 Å². The van der Waals surface area contributed by atoms with Gasteiger partial charge in [-0.25, -0.2) is 9.87 Å². The summed E-state index contributed by atoms with van der Waals surface area (Å²) in [5, 5.41) is 14.1. The van der Waals surface area contributed by atoms with Crippen molar-refractivity contribution in [1.29, 1.82) is 0 Å². The lowest BCUT2D eigenvalue weighted by molar-refractivity contribution is -0.252. The Morgan fingerprint density at radius 2 is 2.41 bits per heavy atom. The highest BCUT2D eigenvalue weighted by atomic mass is 32.2. The van der Waals surface area contributed by atoms with Crippen molar-refractivity contribution in [2.45, 2.75) is 12.4 Å². The van der Waals surface area contributed by atoms with Crippen LogP contribution in [0.2, 0.25) is 0 Å². The highest BCUT2D eigenvalue weighted by Gasteiger charge is 2.06. The lowest BCUT2D eigenvalue weighted by Gasteiger charge is -1.96. The van der Waals surface area contributed by atoms with Crippen molar-refractivity contribution in [2.24, 2.45) is 5.73 Å². The number of nitrogens with zero attached hydrogens (tertiary/aromatic N) is 1. The molecule has 2 aromatic rings. The van der Waals surface area contributed by atoms with Crippen LogP contribution in [0.4, 0.5) is 0 Å². The van der Waals surface area contributed by atoms with Crippen molar-refractivity contribution in [1.82, 2.24) is 9.97 Å². The van der Waals surface area contributed by atoms with Crippen molar-refractivity contribution in [3.63, 3.8) is 0 Å². The molecule has 0 bridgehead atoms. The first-order valence-electron chi connectivity index (χ1n) is 4.93. The Bertz CT molecular complexity index is 540. The number of rotatable bonds is 4. The van der Waals surface area contributed by atoms with Gasteiger partial charge in [-0.05, 0) is 29.5 Å².